The van der Waals surface area contributed by atoms with Gasteiger partial charge in [0.25, 0.3) is 11.8 Å². The molecule has 2 amide bonds. The summed E-state index contributed by atoms with van der Waals surface area (Å²) >= 11 is 0. The van der Waals surface area contributed by atoms with Crippen molar-refractivity contribution in [1.82, 2.24) is 4.90 Å². The molecular weight excluding hydrogens is 320 g/mol. The fraction of sp³-hybridized carbons (Fsp3) is 0.263. The number of nitrogens with two attached hydrogens (primary N) is 1. The molecule has 0 bridgehead atoms. The number of fused-ring (bicyclic) bond motifs is 1. The Morgan fingerprint density at radius 2 is 1.88 bits per heavy atom. The zero-order valence-corrected chi connectivity index (χ0v) is 13.6. The molecule has 25 heavy (non-hydrogen) atoms. The second-order valence-electron chi connectivity index (χ2n) is 6.24. The maximum Gasteiger partial charge on any atom is 0.261 e. The minimum Gasteiger partial charge on any atom is -0.457 e. The third kappa shape index (κ3) is 2.96. The maximum absolute atomic E-state index is 12.6. The number of hydrogen-bond acceptors (Lipinski definition) is 5. The zero-order valence-electron chi connectivity index (χ0n) is 13.6. The number of nitrogen functional groups attached to an aromatic ring is 1. The van der Waals surface area contributed by atoms with Gasteiger partial charge < -0.3 is 15.2 Å². The number of benzene rings is 2. The molecule has 2 aromatic rings. The lowest BCUT2D eigenvalue weighted by molar-refractivity contribution is 0.0475. The highest BCUT2D eigenvalue weighted by molar-refractivity contribution is 6.21. The molecule has 0 radical (unpaired) electrons. The monoisotopic (exact) mass is 338 g/mol. The molecule has 6 nitrogen and oxygen atoms in total. The van der Waals surface area contributed by atoms with Crippen LogP contribution in [0.3, 0.4) is 0 Å². The fourth-order valence-electron chi connectivity index (χ4n) is 3.21. The summed E-state index contributed by atoms with van der Waals surface area (Å²) in [6.45, 7) is 0.990. The van der Waals surface area contributed by atoms with Gasteiger partial charge in [0.2, 0.25) is 0 Å². The second-order valence-corrected chi connectivity index (χ2v) is 6.24. The van der Waals surface area contributed by atoms with Crippen LogP contribution in [0.25, 0.3) is 0 Å². The number of nitrogens with zero attached hydrogens (tertiary/aromatic N) is 1. The molecule has 2 aromatic carbocycles. The van der Waals surface area contributed by atoms with Gasteiger partial charge in [-0.2, -0.15) is 0 Å². The minimum atomic E-state index is -0.298. The molecule has 0 aliphatic carbocycles. The third-order valence-corrected chi connectivity index (χ3v) is 4.45. The largest absolute Gasteiger partial charge is 0.457 e. The summed E-state index contributed by atoms with van der Waals surface area (Å²) < 4.78 is 11.3. The average Bonchev–Trinajstić information content (AvgIpc) is 3.18. The standard InChI is InChI=1S/C19H18N2O4/c20-12-3-1-4-13(9-12)25-14-6-7-16-17(10-14)19(23)21(18(16)22)11-15-5-2-8-24-15/h1,3-4,6-7,9-10,15H,2,5,8,11,20H2/t15-/m0/s1. The predicted molar refractivity (Wildman–Crippen MR) is 91.7 cm³/mol. The van der Waals surface area contributed by atoms with Gasteiger partial charge >= 0.3 is 0 Å². The van der Waals surface area contributed by atoms with Crippen molar-refractivity contribution in [3.63, 3.8) is 0 Å². The Hall–Kier alpha value is -2.86. The minimum absolute atomic E-state index is 0.0646. The molecule has 2 aliphatic rings. The zero-order chi connectivity index (χ0) is 17.4. The summed E-state index contributed by atoms with van der Waals surface area (Å²) in [6.07, 6.45) is 1.77. The Morgan fingerprint density at radius 3 is 2.64 bits per heavy atom. The quantitative estimate of drug-likeness (QED) is 0.685. The molecule has 2 N–H and O–H groups in total. The average molecular weight is 338 g/mol. The van der Waals surface area contributed by atoms with Gasteiger partial charge in [-0.3, -0.25) is 14.5 Å². The van der Waals surface area contributed by atoms with Crippen molar-refractivity contribution in [3.05, 3.63) is 53.6 Å². The van der Waals surface area contributed by atoms with Gasteiger partial charge in [0.05, 0.1) is 23.8 Å². The molecule has 0 saturated carbocycles. The Labute approximate surface area is 145 Å². The first-order valence-electron chi connectivity index (χ1n) is 8.27. The topological polar surface area (TPSA) is 81.9 Å². The summed E-state index contributed by atoms with van der Waals surface area (Å²) in [5.41, 5.74) is 7.10. The van der Waals surface area contributed by atoms with Crippen LogP contribution in [0, 0.1) is 0 Å². The number of amides is 2. The van der Waals surface area contributed by atoms with Crippen LogP contribution in [0.5, 0.6) is 11.5 Å². The lowest BCUT2D eigenvalue weighted by Crippen LogP contribution is -2.36. The van der Waals surface area contributed by atoms with E-state index in [9.17, 15) is 9.59 Å². The molecule has 0 unspecified atom stereocenters. The number of carbonyl (C=O) groups excluding carboxylic acids is 2. The Balaban J connectivity index is 1.56. The molecular formula is C19H18N2O4. The van der Waals surface area contributed by atoms with Crippen LogP contribution in [0.1, 0.15) is 33.6 Å². The Bertz CT molecular complexity index is 843. The molecule has 2 heterocycles. The predicted octanol–water partition coefficient (Wildman–Crippen LogP) is 2.84. The number of rotatable bonds is 4. The number of anilines is 1. The SMILES string of the molecule is Nc1cccc(Oc2ccc3c(c2)C(=O)N(C[C@@H]2CCCO2)C3=O)c1. The first kappa shape index (κ1) is 15.7. The van der Waals surface area contributed by atoms with Crippen LogP contribution in [0.15, 0.2) is 42.5 Å². The van der Waals surface area contributed by atoms with Crippen molar-refractivity contribution in [2.75, 3.05) is 18.9 Å². The van der Waals surface area contributed by atoms with Crippen LogP contribution in [-0.4, -0.2) is 36.0 Å². The molecule has 1 fully saturated rings. The van der Waals surface area contributed by atoms with E-state index in [-0.39, 0.29) is 17.9 Å². The van der Waals surface area contributed by atoms with Crippen molar-refractivity contribution in [2.45, 2.75) is 18.9 Å². The second kappa shape index (κ2) is 6.22. The number of imide groups is 1. The highest BCUT2D eigenvalue weighted by Gasteiger charge is 2.37. The normalized spacial score (nSPS) is 19.4. The first-order chi connectivity index (χ1) is 12.1. The maximum atomic E-state index is 12.6. The molecule has 1 atom stereocenters. The van der Waals surface area contributed by atoms with Crippen molar-refractivity contribution < 1.29 is 19.1 Å². The lowest BCUT2D eigenvalue weighted by atomic mass is 10.1. The van der Waals surface area contributed by atoms with Crippen LogP contribution in [0.4, 0.5) is 5.69 Å². The molecule has 1 saturated heterocycles. The highest BCUT2D eigenvalue weighted by Crippen LogP contribution is 2.30. The smallest absolute Gasteiger partial charge is 0.261 e. The van der Waals surface area contributed by atoms with E-state index in [1.165, 1.54) is 4.90 Å². The summed E-state index contributed by atoms with van der Waals surface area (Å²) in [7, 11) is 0. The van der Waals surface area contributed by atoms with Crippen molar-refractivity contribution >= 4 is 17.5 Å². The lowest BCUT2D eigenvalue weighted by Gasteiger charge is -2.17. The molecule has 128 valence electrons. The van der Waals surface area contributed by atoms with Crippen LogP contribution in [-0.2, 0) is 4.74 Å². The van der Waals surface area contributed by atoms with Gasteiger partial charge in [0.15, 0.2) is 0 Å². The molecule has 4 rings (SSSR count). The summed E-state index contributed by atoms with van der Waals surface area (Å²) in [4.78, 5) is 26.4. The Morgan fingerprint density at radius 1 is 1.08 bits per heavy atom. The van der Waals surface area contributed by atoms with Gasteiger partial charge in [0, 0.05) is 18.4 Å². The Kier molecular flexibility index (Phi) is 3.89. The van der Waals surface area contributed by atoms with Crippen molar-refractivity contribution in [1.29, 1.82) is 0 Å². The van der Waals surface area contributed by atoms with Crippen molar-refractivity contribution in [2.24, 2.45) is 0 Å². The number of carbonyl (C=O) groups is 2. The van der Waals surface area contributed by atoms with E-state index >= 15 is 0 Å². The van der Waals surface area contributed by atoms with E-state index in [0.29, 0.717) is 41.5 Å². The summed E-state index contributed by atoms with van der Waals surface area (Å²) in [5.74, 6) is 0.497. The van der Waals surface area contributed by atoms with E-state index < -0.39 is 0 Å². The third-order valence-electron chi connectivity index (χ3n) is 4.45. The van der Waals surface area contributed by atoms with Gasteiger partial charge in [-0.05, 0) is 43.2 Å². The number of hydrogen-bond donors (Lipinski definition) is 1. The van der Waals surface area contributed by atoms with E-state index in [4.69, 9.17) is 15.2 Å². The van der Waals surface area contributed by atoms with E-state index in [1.54, 1.807) is 42.5 Å². The van der Waals surface area contributed by atoms with Gasteiger partial charge in [-0.1, -0.05) is 6.07 Å². The fourth-order valence-corrected chi connectivity index (χ4v) is 3.21. The van der Waals surface area contributed by atoms with Crippen LogP contribution < -0.4 is 10.5 Å². The van der Waals surface area contributed by atoms with Crippen LogP contribution in [0.2, 0.25) is 0 Å². The molecule has 2 aliphatic heterocycles. The molecule has 6 heteroatoms. The first-order valence-corrected chi connectivity index (χ1v) is 8.27. The van der Waals surface area contributed by atoms with Crippen LogP contribution >= 0.6 is 0 Å². The van der Waals surface area contributed by atoms with Gasteiger partial charge in [-0.25, -0.2) is 0 Å². The molecule has 0 spiro atoms. The number of ether oxygens (including phenoxy) is 2. The van der Waals surface area contributed by atoms with Gasteiger partial charge in [0.1, 0.15) is 11.5 Å². The van der Waals surface area contributed by atoms with Crippen molar-refractivity contribution in [3.8, 4) is 11.5 Å². The van der Waals surface area contributed by atoms with E-state index in [2.05, 4.69) is 0 Å². The van der Waals surface area contributed by atoms with Gasteiger partial charge in [-0.15, -0.1) is 0 Å². The van der Waals surface area contributed by atoms with E-state index in [1.807, 2.05) is 0 Å². The highest BCUT2D eigenvalue weighted by atomic mass is 16.5. The van der Waals surface area contributed by atoms with E-state index in [0.717, 1.165) is 12.8 Å². The summed E-state index contributed by atoms with van der Waals surface area (Å²) in [5, 5.41) is 0. The summed E-state index contributed by atoms with van der Waals surface area (Å²) in [6, 6.07) is 11.9. The molecule has 0 aromatic heterocycles.